The monoisotopic (exact) mass is 338 g/mol. The number of aromatic nitrogens is 1. The van der Waals surface area contributed by atoms with E-state index in [1.54, 1.807) is 13.1 Å². The molecule has 0 saturated carbocycles. The largest absolute Gasteiger partial charge is 0.388 e. The topological polar surface area (TPSA) is 53.4 Å². The number of nitrogens with zero attached hydrogens (tertiary/aromatic N) is 2. The number of rotatable bonds is 5. The summed E-state index contributed by atoms with van der Waals surface area (Å²) >= 11 is 0. The SMILES string of the molecule is C=C[C@H]1CN(C(C)=O)CC[C@H]1CC[C@@H](O)c1ccnc2ccccc12. The van der Waals surface area contributed by atoms with E-state index in [9.17, 15) is 9.90 Å². The van der Waals surface area contributed by atoms with E-state index >= 15 is 0 Å². The molecule has 1 aliphatic rings. The van der Waals surface area contributed by atoms with Gasteiger partial charge in [-0.1, -0.05) is 24.3 Å². The molecule has 25 heavy (non-hydrogen) atoms. The molecule has 0 aliphatic carbocycles. The molecule has 4 nitrogen and oxygen atoms in total. The summed E-state index contributed by atoms with van der Waals surface area (Å²) in [5, 5.41) is 11.7. The van der Waals surface area contributed by atoms with Gasteiger partial charge in [-0.25, -0.2) is 0 Å². The van der Waals surface area contributed by atoms with Crippen LogP contribution in [0.3, 0.4) is 0 Å². The number of aliphatic hydroxyl groups is 1. The second kappa shape index (κ2) is 7.79. The molecule has 0 radical (unpaired) electrons. The number of pyridine rings is 1. The highest BCUT2D eigenvalue weighted by molar-refractivity contribution is 5.82. The molecule has 4 heteroatoms. The van der Waals surface area contributed by atoms with Crippen LogP contribution in [0.4, 0.5) is 0 Å². The Kier molecular flexibility index (Phi) is 5.49. The van der Waals surface area contributed by atoms with Crippen molar-refractivity contribution in [3.8, 4) is 0 Å². The lowest BCUT2D eigenvalue weighted by atomic mass is 9.81. The number of piperidine rings is 1. The highest BCUT2D eigenvalue weighted by Crippen LogP contribution is 2.33. The minimum atomic E-state index is -0.496. The summed E-state index contributed by atoms with van der Waals surface area (Å²) in [5.41, 5.74) is 1.86. The summed E-state index contributed by atoms with van der Waals surface area (Å²) in [6, 6.07) is 9.83. The van der Waals surface area contributed by atoms with Gasteiger partial charge in [0.1, 0.15) is 0 Å². The number of likely N-dealkylation sites (tertiary alicyclic amines) is 1. The smallest absolute Gasteiger partial charge is 0.219 e. The van der Waals surface area contributed by atoms with Crippen molar-refractivity contribution in [3.63, 3.8) is 0 Å². The van der Waals surface area contributed by atoms with E-state index in [0.717, 1.165) is 42.4 Å². The molecular formula is C21H26N2O2. The summed E-state index contributed by atoms with van der Waals surface area (Å²) < 4.78 is 0. The van der Waals surface area contributed by atoms with Crippen LogP contribution >= 0.6 is 0 Å². The molecule has 0 spiro atoms. The lowest BCUT2D eigenvalue weighted by molar-refractivity contribution is -0.131. The molecule has 1 saturated heterocycles. The molecule has 2 aromatic rings. The summed E-state index contributed by atoms with van der Waals surface area (Å²) in [6.07, 6.45) is 5.85. The first kappa shape index (κ1) is 17.6. The predicted octanol–water partition coefficient (Wildman–Crippen LogP) is 3.72. The number of aliphatic hydroxyl groups excluding tert-OH is 1. The fraction of sp³-hybridized carbons (Fsp3) is 0.429. The Morgan fingerprint density at radius 1 is 1.44 bits per heavy atom. The third-order valence-electron chi connectivity index (χ3n) is 5.41. The van der Waals surface area contributed by atoms with Crippen LogP contribution in [0.5, 0.6) is 0 Å². The molecule has 1 aromatic heterocycles. The van der Waals surface area contributed by atoms with Crippen molar-refractivity contribution >= 4 is 16.8 Å². The zero-order valence-corrected chi connectivity index (χ0v) is 14.8. The Balaban J connectivity index is 1.66. The summed E-state index contributed by atoms with van der Waals surface area (Å²) in [7, 11) is 0. The molecule has 0 unspecified atom stereocenters. The Bertz CT molecular complexity index is 753. The Hall–Kier alpha value is -2.20. The van der Waals surface area contributed by atoms with E-state index < -0.39 is 6.10 Å². The number of amides is 1. The zero-order valence-electron chi connectivity index (χ0n) is 14.8. The minimum Gasteiger partial charge on any atom is -0.388 e. The highest BCUT2D eigenvalue weighted by atomic mass is 16.3. The first-order valence-electron chi connectivity index (χ1n) is 9.00. The van der Waals surface area contributed by atoms with Crippen molar-refractivity contribution in [1.29, 1.82) is 0 Å². The summed E-state index contributed by atoms with van der Waals surface area (Å²) in [4.78, 5) is 17.8. The maximum absolute atomic E-state index is 11.6. The fourth-order valence-electron chi connectivity index (χ4n) is 3.88. The number of benzene rings is 1. The third kappa shape index (κ3) is 3.90. The van der Waals surface area contributed by atoms with E-state index in [4.69, 9.17) is 0 Å². The van der Waals surface area contributed by atoms with Crippen molar-refractivity contribution in [2.24, 2.45) is 11.8 Å². The summed E-state index contributed by atoms with van der Waals surface area (Å²) in [6.45, 7) is 7.12. The van der Waals surface area contributed by atoms with Gasteiger partial charge >= 0.3 is 0 Å². The van der Waals surface area contributed by atoms with Gasteiger partial charge in [-0.15, -0.1) is 6.58 Å². The highest BCUT2D eigenvalue weighted by Gasteiger charge is 2.28. The van der Waals surface area contributed by atoms with E-state index in [0.29, 0.717) is 18.3 Å². The van der Waals surface area contributed by atoms with Crippen molar-refractivity contribution in [2.75, 3.05) is 13.1 Å². The Morgan fingerprint density at radius 2 is 2.24 bits per heavy atom. The molecule has 1 N–H and O–H groups in total. The van der Waals surface area contributed by atoms with Crippen molar-refractivity contribution in [3.05, 3.63) is 54.7 Å². The van der Waals surface area contributed by atoms with Crippen LogP contribution in [0.1, 0.15) is 37.9 Å². The third-order valence-corrected chi connectivity index (χ3v) is 5.41. The molecule has 1 aromatic carbocycles. The minimum absolute atomic E-state index is 0.133. The number of hydrogen-bond acceptors (Lipinski definition) is 3. The normalized spacial score (nSPS) is 21.9. The Labute approximate surface area is 149 Å². The zero-order chi connectivity index (χ0) is 17.8. The molecule has 3 atom stereocenters. The van der Waals surface area contributed by atoms with Gasteiger partial charge in [-0.2, -0.15) is 0 Å². The first-order valence-corrected chi connectivity index (χ1v) is 9.00. The van der Waals surface area contributed by atoms with Gasteiger partial charge in [0, 0.05) is 31.6 Å². The number of hydrogen-bond donors (Lipinski definition) is 1. The van der Waals surface area contributed by atoms with E-state index in [2.05, 4.69) is 11.6 Å². The number of para-hydroxylation sites is 1. The average Bonchev–Trinajstić information content (AvgIpc) is 2.65. The quantitative estimate of drug-likeness (QED) is 0.846. The van der Waals surface area contributed by atoms with Gasteiger partial charge in [0.15, 0.2) is 0 Å². The molecule has 2 heterocycles. The van der Waals surface area contributed by atoms with Gasteiger partial charge in [0.25, 0.3) is 0 Å². The van der Waals surface area contributed by atoms with Crippen LogP contribution < -0.4 is 0 Å². The fourth-order valence-corrected chi connectivity index (χ4v) is 3.88. The number of carbonyl (C=O) groups excluding carboxylic acids is 1. The van der Waals surface area contributed by atoms with Gasteiger partial charge in [0.05, 0.1) is 11.6 Å². The molecule has 0 bridgehead atoms. The van der Waals surface area contributed by atoms with Crippen LogP contribution in [0.2, 0.25) is 0 Å². The first-order chi connectivity index (χ1) is 12.1. The van der Waals surface area contributed by atoms with E-state index in [1.807, 2.05) is 41.3 Å². The second-order valence-electron chi connectivity index (χ2n) is 6.92. The number of carbonyl (C=O) groups is 1. The molecular weight excluding hydrogens is 312 g/mol. The van der Waals surface area contributed by atoms with Crippen LogP contribution in [0.25, 0.3) is 10.9 Å². The van der Waals surface area contributed by atoms with E-state index in [1.165, 1.54) is 0 Å². The molecule has 1 fully saturated rings. The van der Waals surface area contributed by atoms with Crippen molar-refractivity contribution in [2.45, 2.75) is 32.3 Å². The maximum Gasteiger partial charge on any atom is 0.219 e. The molecule has 1 aliphatic heterocycles. The molecule has 3 rings (SSSR count). The molecule has 1 amide bonds. The van der Waals surface area contributed by atoms with Gasteiger partial charge in [0.2, 0.25) is 5.91 Å². The van der Waals surface area contributed by atoms with Crippen molar-refractivity contribution in [1.82, 2.24) is 9.88 Å². The van der Waals surface area contributed by atoms with Crippen LogP contribution in [0.15, 0.2) is 49.2 Å². The Morgan fingerprint density at radius 3 is 3.00 bits per heavy atom. The number of fused-ring (bicyclic) bond motifs is 1. The van der Waals surface area contributed by atoms with Gasteiger partial charge in [-0.05, 0) is 48.8 Å². The lowest BCUT2D eigenvalue weighted by Crippen LogP contribution is -2.42. The van der Waals surface area contributed by atoms with Gasteiger partial charge < -0.3 is 10.0 Å². The average molecular weight is 338 g/mol. The molecule has 132 valence electrons. The van der Waals surface area contributed by atoms with Gasteiger partial charge in [-0.3, -0.25) is 9.78 Å². The maximum atomic E-state index is 11.6. The van der Waals surface area contributed by atoms with Crippen LogP contribution in [0, 0.1) is 11.8 Å². The standard InChI is InChI=1S/C21H26N2O2/c1-3-16-14-23(15(2)24)13-11-17(16)8-9-21(25)19-10-12-22-20-7-5-4-6-18(19)20/h3-7,10,12,16-17,21,25H,1,8-9,11,13-14H2,2H3/t16-,17+,21+/m0/s1. The van der Waals surface area contributed by atoms with Crippen molar-refractivity contribution < 1.29 is 9.90 Å². The second-order valence-corrected chi connectivity index (χ2v) is 6.92. The van der Waals surface area contributed by atoms with E-state index in [-0.39, 0.29) is 5.91 Å². The van der Waals surface area contributed by atoms with Crippen LogP contribution in [-0.2, 0) is 4.79 Å². The predicted molar refractivity (Wildman–Crippen MR) is 100.0 cm³/mol. The lowest BCUT2D eigenvalue weighted by Gasteiger charge is -2.37. The van der Waals surface area contributed by atoms with Crippen LogP contribution in [-0.4, -0.2) is 34.0 Å². The summed E-state index contributed by atoms with van der Waals surface area (Å²) in [5.74, 6) is 0.906.